The van der Waals surface area contributed by atoms with Gasteiger partial charge >= 0.3 is 18.9 Å². The number of fused-ring (bicyclic) bond motifs is 1. The Bertz CT molecular complexity index is 1320. The first-order valence-corrected chi connectivity index (χ1v) is 12.7. The first-order chi connectivity index (χ1) is 16.1. The Hall–Kier alpha value is -1.37. The van der Waals surface area contributed by atoms with Crippen molar-refractivity contribution in [3.63, 3.8) is 0 Å². The van der Waals surface area contributed by atoms with Crippen LogP contribution in [0.5, 0.6) is 0 Å². The maximum absolute atomic E-state index is 12.6. The van der Waals surface area contributed by atoms with Crippen LogP contribution in [0, 0.1) is 18.8 Å². The minimum Gasteiger partial charge on any atom is -0.544 e. The van der Waals surface area contributed by atoms with Crippen LogP contribution in [-0.2, 0) is 6.42 Å². The van der Waals surface area contributed by atoms with E-state index in [2.05, 4.69) is 15.3 Å². The average Bonchev–Trinajstić information content (AvgIpc) is 3.15. The van der Waals surface area contributed by atoms with Crippen molar-refractivity contribution in [2.75, 3.05) is 18.0 Å². The SMILES string of the molecule is Cc1[nH]c(C(=O)NC2[C@H]3CN(c4nc(Cc5ccc(Cl)cc5Cl)c(C(=O)[O-])s4)C[C@@H]23)c(Cl)c1Cl.[Li+]. The van der Waals surface area contributed by atoms with Crippen LogP contribution >= 0.6 is 57.7 Å². The summed E-state index contributed by atoms with van der Waals surface area (Å²) in [5.74, 6) is -1.06. The molecule has 2 aliphatic rings. The number of nitrogens with zero attached hydrogens (tertiary/aromatic N) is 2. The van der Waals surface area contributed by atoms with E-state index in [4.69, 9.17) is 46.4 Å². The zero-order valence-electron chi connectivity index (χ0n) is 18.6. The number of nitrogens with one attached hydrogen (secondary N) is 2. The number of piperidine rings is 1. The van der Waals surface area contributed by atoms with Crippen LogP contribution in [0.25, 0.3) is 0 Å². The summed E-state index contributed by atoms with van der Waals surface area (Å²) in [6.45, 7) is 3.07. The smallest absolute Gasteiger partial charge is 0.544 e. The molecule has 3 atom stereocenters. The fourth-order valence-corrected chi connectivity index (χ4v) is 6.27. The molecule has 13 heteroatoms. The number of carboxylic acid groups (broad SMARTS) is 1. The molecular formula is C22H17Cl4LiN4O3S. The van der Waals surface area contributed by atoms with Gasteiger partial charge in [0.2, 0.25) is 0 Å². The summed E-state index contributed by atoms with van der Waals surface area (Å²) in [7, 11) is 0. The topological polar surface area (TPSA) is 101 Å². The van der Waals surface area contributed by atoms with Crippen molar-refractivity contribution in [3.8, 4) is 0 Å². The Labute approximate surface area is 237 Å². The van der Waals surface area contributed by atoms with E-state index in [0.29, 0.717) is 44.7 Å². The first-order valence-electron chi connectivity index (χ1n) is 10.4. The third-order valence-electron chi connectivity index (χ3n) is 6.29. The fraction of sp³-hybridized carbons (Fsp3) is 0.318. The summed E-state index contributed by atoms with van der Waals surface area (Å²) in [5, 5.41) is 16.9. The van der Waals surface area contributed by atoms with Gasteiger partial charge in [0.1, 0.15) is 5.69 Å². The number of hydrogen-bond donors (Lipinski definition) is 2. The predicted octanol–water partition coefficient (Wildman–Crippen LogP) is 1.22. The van der Waals surface area contributed by atoms with E-state index in [1.165, 1.54) is 0 Å². The largest absolute Gasteiger partial charge is 1.00 e. The number of H-pyrrole nitrogens is 1. The molecule has 0 bridgehead atoms. The van der Waals surface area contributed by atoms with Crippen LogP contribution in [0.15, 0.2) is 18.2 Å². The minimum absolute atomic E-state index is 0. The second kappa shape index (κ2) is 10.2. The van der Waals surface area contributed by atoms with E-state index >= 15 is 0 Å². The van der Waals surface area contributed by atoms with E-state index in [-0.39, 0.29) is 64.7 Å². The molecule has 1 saturated carbocycles. The van der Waals surface area contributed by atoms with Crippen LogP contribution in [0.1, 0.15) is 37.1 Å². The number of amides is 1. The summed E-state index contributed by atoms with van der Waals surface area (Å²) in [6, 6.07) is 5.09. The predicted molar refractivity (Wildman–Crippen MR) is 132 cm³/mol. The third-order valence-corrected chi connectivity index (χ3v) is 8.96. The van der Waals surface area contributed by atoms with E-state index < -0.39 is 5.97 Å². The number of aromatic amines is 1. The van der Waals surface area contributed by atoms with Gasteiger partial charge in [0.25, 0.3) is 5.91 Å². The number of carboxylic acids is 1. The van der Waals surface area contributed by atoms with Crippen LogP contribution in [0.2, 0.25) is 20.1 Å². The van der Waals surface area contributed by atoms with Crippen LogP contribution in [-0.4, -0.2) is 41.0 Å². The van der Waals surface area contributed by atoms with Gasteiger partial charge in [-0.3, -0.25) is 4.79 Å². The molecule has 35 heavy (non-hydrogen) atoms. The number of aromatic carboxylic acids is 1. The van der Waals surface area contributed by atoms with Crippen molar-refractivity contribution in [1.29, 1.82) is 0 Å². The number of aromatic nitrogens is 2. The minimum atomic E-state index is -1.27. The molecule has 0 spiro atoms. The van der Waals surface area contributed by atoms with Gasteiger partial charge in [0, 0.05) is 53.1 Å². The molecule has 1 amide bonds. The van der Waals surface area contributed by atoms with Crippen molar-refractivity contribution >= 4 is 74.7 Å². The molecule has 1 unspecified atom stereocenters. The number of thiazole rings is 1. The van der Waals surface area contributed by atoms with E-state index in [1.807, 2.05) is 4.90 Å². The Morgan fingerprint density at radius 2 is 1.89 bits per heavy atom. The van der Waals surface area contributed by atoms with Gasteiger partial charge < -0.3 is 25.1 Å². The molecule has 7 nitrogen and oxygen atoms in total. The Morgan fingerprint density at radius 1 is 1.20 bits per heavy atom. The molecule has 2 fully saturated rings. The molecule has 2 aromatic heterocycles. The molecule has 3 aromatic rings. The number of carbonyl (C=O) groups is 2. The van der Waals surface area contributed by atoms with Gasteiger partial charge in [-0.25, -0.2) is 4.98 Å². The fourth-order valence-electron chi connectivity index (χ4n) is 4.45. The second-order valence-electron chi connectivity index (χ2n) is 8.46. The van der Waals surface area contributed by atoms with Gasteiger partial charge in [0.15, 0.2) is 5.13 Å². The molecule has 3 heterocycles. The Balaban J connectivity index is 0.00000289. The van der Waals surface area contributed by atoms with Crippen molar-refractivity contribution < 1.29 is 33.6 Å². The van der Waals surface area contributed by atoms with Crippen molar-refractivity contribution in [3.05, 3.63) is 65.8 Å². The van der Waals surface area contributed by atoms with E-state index in [9.17, 15) is 14.7 Å². The van der Waals surface area contributed by atoms with E-state index in [1.54, 1.807) is 25.1 Å². The third kappa shape index (κ3) is 5.08. The molecular weight excluding hydrogens is 549 g/mol. The Kier molecular flexibility index (Phi) is 7.76. The van der Waals surface area contributed by atoms with Crippen LogP contribution in [0.4, 0.5) is 5.13 Å². The Morgan fingerprint density at radius 3 is 2.46 bits per heavy atom. The standard InChI is InChI=1S/C22H18Cl4N4O3S.Li/c1-8-15(25)16(26)18(27-8)20(31)29-17-11-6-30(7-12(11)17)22-28-14(19(34-22)21(32)33)4-9-2-3-10(23)5-13(9)24;/h2-3,5,11-12,17,27H,4,6-7H2,1H3,(H,29,31)(H,32,33);/q;+1/p-1/t11-,12+,17?;. The molecule has 1 aliphatic carbocycles. The zero-order valence-corrected chi connectivity index (χ0v) is 22.5. The monoisotopic (exact) mass is 564 g/mol. The van der Waals surface area contributed by atoms with E-state index in [0.717, 1.165) is 16.9 Å². The first kappa shape index (κ1) is 26.7. The van der Waals surface area contributed by atoms with Gasteiger partial charge in [-0.15, -0.1) is 0 Å². The molecule has 0 radical (unpaired) electrons. The number of hydrogen-bond acceptors (Lipinski definition) is 6. The summed E-state index contributed by atoms with van der Waals surface area (Å²) in [6.07, 6.45) is 0.258. The second-order valence-corrected chi connectivity index (χ2v) is 11.0. The number of aryl methyl sites for hydroxylation is 1. The molecule has 178 valence electrons. The number of anilines is 1. The van der Waals surface area contributed by atoms with Crippen molar-refractivity contribution in [2.24, 2.45) is 11.8 Å². The maximum Gasteiger partial charge on any atom is 1.00 e. The maximum atomic E-state index is 12.6. The number of rotatable bonds is 6. The zero-order chi connectivity index (χ0) is 24.3. The summed E-state index contributed by atoms with van der Waals surface area (Å²) in [4.78, 5) is 34.0. The summed E-state index contributed by atoms with van der Waals surface area (Å²) in [5.41, 5.74) is 2.04. The van der Waals surface area contributed by atoms with Gasteiger partial charge in [0.05, 0.1) is 26.6 Å². The van der Waals surface area contributed by atoms with Gasteiger partial charge in [-0.1, -0.05) is 63.8 Å². The molecule has 5 rings (SSSR count). The number of halogens is 4. The normalized spacial score (nSPS) is 20.4. The average molecular weight is 566 g/mol. The van der Waals surface area contributed by atoms with Crippen molar-refractivity contribution in [1.82, 2.24) is 15.3 Å². The molecule has 2 N–H and O–H groups in total. The summed E-state index contributed by atoms with van der Waals surface area (Å²) >= 11 is 25.5. The molecule has 1 aliphatic heterocycles. The van der Waals surface area contributed by atoms with Gasteiger partial charge in [-0.05, 0) is 24.6 Å². The number of benzene rings is 1. The molecule has 1 saturated heterocycles. The van der Waals surface area contributed by atoms with Crippen LogP contribution in [0.3, 0.4) is 0 Å². The molecule has 1 aromatic carbocycles. The van der Waals surface area contributed by atoms with Crippen molar-refractivity contribution in [2.45, 2.75) is 19.4 Å². The van der Waals surface area contributed by atoms with Crippen LogP contribution < -0.4 is 34.2 Å². The van der Waals surface area contributed by atoms with Gasteiger partial charge in [-0.2, -0.15) is 0 Å². The summed E-state index contributed by atoms with van der Waals surface area (Å²) < 4.78 is 0. The quantitative estimate of drug-likeness (QED) is 0.438. The number of carbonyl (C=O) groups excluding carboxylic acids is 2.